The maximum atomic E-state index is 12.5. The van der Waals surface area contributed by atoms with Gasteiger partial charge in [0.2, 0.25) is 0 Å². The molecule has 3 rings (SSSR count). The van der Waals surface area contributed by atoms with Crippen LogP contribution in [0, 0.1) is 0 Å². The summed E-state index contributed by atoms with van der Waals surface area (Å²) in [6, 6.07) is 7.28. The van der Waals surface area contributed by atoms with Gasteiger partial charge in [-0.3, -0.25) is 4.68 Å². The van der Waals surface area contributed by atoms with Crippen LogP contribution in [-0.2, 0) is 11.3 Å². The van der Waals surface area contributed by atoms with E-state index in [0.717, 1.165) is 51.1 Å². The Morgan fingerprint density at radius 3 is 2.45 bits per heavy atom. The molecule has 0 aliphatic carbocycles. The van der Waals surface area contributed by atoms with Crippen LogP contribution in [0.3, 0.4) is 0 Å². The third-order valence-electron chi connectivity index (χ3n) is 5.27. The molecule has 0 unspecified atom stereocenters. The number of piperazine rings is 1. The molecule has 29 heavy (non-hydrogen) atoms. The van der Waals surface area contributed by atoms with E-state index in [-0.39, 0.29) is 0 Å². The van der Waals surface area contributed by atoms with Crippen LogP contribution in [0.2, 0.25) is 5.02 Å². The lowest BCUT2D eigenvalue weighted by Crippen LogP contribution is -2.44. The summed E-state index contributed by atoms with van der Waals surface area (Å²) >= 11 is 5.99. The Morgan fingerprint density at radius 1 is 1.14 bits per heavy atom. The van der Waals surface area contributed by atoms with Gasteiger partial charge in [-0.05, 0) is 45.5 Å². The van der Waals surface area contributed by atoms with Crippen molar-refractivity contribution < 1.29 is 9.53 Å². The van der Waals surface area contributed by atoms with Gasteiger partial charge in [-0.1, -0.05) is 23.7 Å². The Kier molecular flexibility index (Phi) is 7.52. The van der Waals surface area contributed by atoms with Crippen molar-refractivity contribution in [2.75, 3.05) is 52.1 Å². The quantitative estimate of drug-likeness (QED) is 0.523. The van der Waals surface area contributed by atoms with Gasteiger partial charge in [-0.15, -0.1) is 0 Å². The molecule has 0 amide bonds. The van der Waals surface area contributed by atoms with Crippen molar-refractivity contribution in [1.29, 1.82) is 0 Å². The Hall–Kier alpha value is -2.09. The molecule has 0 atom stereocenters. The number of carbonyl (C=O) groups excluding carboxylic acids is 1. The number of likely N-dealkylation sites (N-methyl/N-ethyl adjacent to an activating group) is 1. The van der Waals surface area contributed by atoms with Gasteiger partial charge in [0.25, 0.3) is 0 Å². The van der Waals surface area contributed by atoms with Crippen LogP contribution in [0.1, 0.15) is 30.3 Å². The number of aromatic nitrogens is 2. The lowest BCUT2D eigenvalue weighted by atomic mass is 10.1. The highest BCUT2D eigenvalue weighted by atomic mass is 35.5. The summed E-state index contributed by atoms with van der Waals surface area (Å²) in [6.45, 7) is 8.22. The molecular formula is C21H30ClN5O2. The second-order valence-corrected chi connectivity index (χ2v) is 7.85. The molecule has 2 aromatic rings. The molecule has 1 aliphatic heterocycles. The van der Waals surface area contributed by atoms with E-state index in [2.05, 4.69) is 21.9 Å². The summed E-state index contributed by atoms with van der Waals surface area (Å²) in [5, 5.41) is 5.27. The summed E-state index contributed by atoms with van der Waals surface area (Å²) in [6.07, 6.45) is 1.96. The van der Waals surface area contributed by atoms with Crippen LogP contribution in [0.15, 0.2) is 24.3 Å². The number of carbonyl (C=O) groups is 1. The highest BCUT2D eigenvalue weighted by molar-refractivity contribution is 6.30. The first-order valence-corrected chi connectivity index (χ1v) is 10.6. The molecule has 1 aromatic carbocycles. The third kappa shape index (κ3) is 5.50. The Balaban J connectivity index is 1.69. The topological polar surface area (TPSA) is 76.6 Å². The monoisotopic (exact) mass is 419 g/mol. The molecule has 2 N–H and O–H groups in total. The van der Waals surface area contributed by atoms with Crippen LogP contribution >= 0.6 is 11.6 Å². The lowest BCUT2D eigenvalue weighted by Gasteiger charge is -2.32. The largest absolute Gasteiger partial charge is 0.461 e. The number of esters is 1. The second-order valence-electron chi connectivity index (χ2n) is 7.41. The molecule has 0 radical (unpaired) electrons. The zero-order valence-corrected chi connectivity index (χ0v) is 18.0. The third-order valence-corrected chi connectivity index (χ3v) is 5.52. The van der Waals surface area contributed by atoms with Gasteiger partial charge >= 0.3 is 5.97 Å². The number of nitrogen functional groups attached to an aromatic ring is 1. The van der Waals surface area contributed by atoms with Crippen molar-refractivity contribution >= 4 is 23.3 Å². The standard InChI is InChI=1S/C21H30ClN5O2/c1-3-29-21(28)20-18(23)19(16-6-8-17(22)9-7-16)24-27(20)11-5-4-10-26-14-12-25(2)13-15-26/h6-9H,3-5,10-15,23H2,1-2H3. The first-order valence-electron chi connectivity index (χ1n) is 10.2. The molecule has 1 aliphatic rings. The molecule has 0 bridgehead atoms. The van der Waals surface area contributed by atoms with Crippen molar-refractivity contribution in [1.82, 2.24) is 19.6 Å². The number of nitrogens with two attached hydrogens (primary N) is 1. The fourth-order valence-corrected chi connectivity index (χ4v) is 3.67. The van der Waals surface area contributed by atoms with Crippen molar-refractivity contribution in [2.24, 2.45) is 0 Å². The number of unbranched alkanes of at least 4 members (excludes halogenated alkanes) is 1. The fraction of sp³-hybridized carbons (Fsp3) is 0.524. The van der Waals surface area contributed by atoms with Crippen LogP contribution in [-0.4, -0.2) is 71.9 Å². The Labute approximate surface area is 177 Å². The van der Waals surface area contributed by atoms with E-state index in [0.29, 0.717) is 35.2 Å². The molecule has 1 aromatic heterocycles. The molecule has 7 nitrogen and oxygen atoms in total. The zero-order valence-electron chi connectivity index (χ0n) is 17.2. The summed E-state index contributed by atoms with van der Waals surface area (Å²) in [4.78, 5) is 17.3. The van der Waals surface area contributed by atoms with Crippen LogP contribution in [0.4, 0.5) is 5.69 Å². The van der Waals surface area contributed by atoms with E-state index in [4.69, 9.17) is 22.1 Å². The van der Waals surface area contributed by atoms with Crippen molar-refractivity contribution in [3.63, 3.8) is 0 Å². The zero-order chi connectivity index (χ0) is 20.8. The highest BCUT2D eigenvalue weighted by Crippen LogP contribution is 2.29. The van der Waals surface area contributed by atoms with Crippen molar-refractivity contribution in [2.45, 2.75) is 26.3 Å². The minimum Gasteiger partial charge on any atom is -0.461 e. The Bertz CT molecular complexity index is 813. The van der Waals surface area contributed by atoms with Crippen LogP contribution in [0.5, 0.6) is 0 Å². The summed E-state index contributed by atoms with van der Waals surface area (Å²) < 4.78 is 6.91. The second kappa shape index (κ2) is 10.1. The van der Waals surface area contributed by atoms with Gasteiger partial charge in [0.15, 0.2) is 5.69 Å². The van der Waals surface area contributed by atoms with Crippen molar-refractivity contribution in [3.05, 3.63) is 35.0 Å². The first kappa shape index (κ1) is 21.6. The molecule has 0 saturated carbocycles. The number of nitrogens with zero attached hydrogens (tertiary/aromatic N) is 4. The van der Waals surface area contributed by atoms with Crippen LogP contribution < -0.4 is 5.73 Å². The van der Waals surface area contributed by atoms with E-state index >= 15 is 0 Å². The van der Waals surface area contributed by atoms with E-state index in [1.165, 1.54) is 0 Å². The van der Waals surface area contributed by atoms with Gasteiger partial charge in [-0.25, -0.2) is 4.79 Å². The summed E-state index contributed by atoms with van der Waals surface area (Å²) in [5.41, 5.74) is 8.41. The SMILES string of the molecule is CCOC(=O)c1c(N)c(-c2ccc(Cl)cc2)nn1CCCCN1CCN(C)CC1. The normalized spacial score (nSPS) is 15.6. The summed E-state index contributed by atoms with van der Waals surface area (Å²) in [7, 11) is 2.16. The van der Waals surface area contributed by atoms with E-state index in [1.54, 1.807) is 23.7 Å². The number of ether oxygens (including phenoxy) is 1. The average molecular weight is 420 g/mol. The molecule has 0 spiro atoms. The lowest BCUT2D eigenvalue weighted by molar-refractivity contribution is 0.0512. The van der Waals surface area contributed by atoms with Gasteiger partial charge in [-0.2, -0.15) is 5.10 Å². The van der Waals surface area contributed by atoms with Gasteiger partial charge < -0.3 is 20.3 Å². The highest BCUT2D eigenvalue weighted by Gasteiger charge is 2.23. The fourth-order valence-electron chi connectivity index (χ4n) is 3.54. The number of hydrogen-bond donors (Lipinski definition) is 1. The van der Waals surface area contributed by atoms with E-state index in [1.807, 2.05) is 12.1 Å². The maximum absolute atomic E-state index is 12.5. The van der Waals surface area contributed by atoms with Crippen molar-refractivity contribution in [3.8, 4) is 11.3 Å². The number of aryl methyl sites for hydroxylation is 1. The van der Waals surface area contributed by atoms with Gasteiger partial charge in [0, 0.05) is 43.3 Å². The van der Waals surface area contributed by atoms with E-state index in [9.17, 15) is 4.79 Å². The number of rotatable bonds is 8. The van der Waals surface area contributed by atoms with Crippen LogP contribution in [0.25, 0.3) is 11.3 Å². The molecule has 1 saturated heterocycles. The number of halogens is 1. The van der Waals surface area contributed by atoms with Gasteiger partial charge in [0.1, 0.15) is 5.69 Å². The molecule has 158 valence electrons. The molecular weight excluding hydrogens is 390 g/mol. The number of hydrogen-bond acceptors (Lipinski definition) is 6. The predicted octanol–water partition coefficient (Wildman–Crippen LogP) is 2.99. The van der Waals surface area contributed by atoms with E-state index < -0.39 is 5.97 Å². The maximum Gasteiger partial charge on any atom is 0.358 e. The Morgan fingerprint density at radius 2 is 1.79 bits per heavy atom. The first-order chi connectivity index (χ1) is 14.0. The smallest absolute Gasteiger partial charge is 0.358 e. The molecule has 1 fully saturated rings. The molecule has 2 heterocycles. The minimum atomic E-state index is -0.434. The minimum absolute atomic E-state index is 0.295. The number of benzene rings is 1. The number of anilines is 1. The average Bonchev–Trinajstić information content (AvgIpc) is 3.03. The predicted molar refractivity (Wildman–Crippen MR) is 116 cm³/mol. The van der Waals surface area contributed by atoms with Gasteiger partial charge in [0.05, 0.1) is 12.3 Å². The molecule has 8 heteroatoms. The summed E-state index contributed by atoms with van der Waals surface area (Å²) in [5.74, 6) is -0.434.